The number of ether oxygens (including phenoxy) is 1. The average Bonchev–Trinajstić information content (AvgIpc) is 2.55. The van der Waals surface area contributed by atoms with Gasteiger partial charge in [-0.05, 0) is 39.2 Å². The lowest BCUT2D eigenvalue weighted by atomic mass is 9.91. The van der Waals surface area contributed by atoms with Gasteiger partial charge in [-0.1, -0.05) is 0 Å². The third kappa shape index (κ3) is 3.93. The summed E-state index contributed by atoms with van der Waals surface area (Å²) in [5.74, 6) is 0.967. The average molecular weight is 333 g/mol. The molecule has 1 aromatic rings. The molecular weight excluding hydrogens is 306 g/mol. The summed E-state index contributed by atoms with van der Waals surface area (Å²) in [5, 5.41) is 11.4. The summed E-state index contributed by atoms with van der Waals surface area (Å²) < 4.78 is 5.68. The normalized spacial score (nSPS) is 23.8. The molecule has 2 saturated heterocycles. The number of anilines is 2. The maximum Gasteiger partial charge on any atom is 0.236 e. The molecule has 1 atom stereocenters. The fraction of sp³-hybridized carbons (Fsp3) is 0.688. The summed E-state index contributed by atoms with van der Waals surface area (Å²) >= 11 is 0. The predicted molar refractivity (Wildman–Crippen MR) is 94.3 cm³/mol. The van der Waals surface area contributed by atoms with Crippen molar-refractivity contribution in [3.05, 3.63) is 11.9 Å². The summed E-state index contributed by atoms with van der Waals surface area (Å²) in [6.45, 7) is 5.50. The van der Waals surface area contributed by atoms with E-state index in [4.69, 9.17) is 21.6 Å². The minimum atomic E-state index is -0.112. The highest BCUT2D eigenvalue weighted by molar-refractivity contribution is 5.94. The third-order valence-corrected chi connectivity index (χ3v) is 4.77. The Labute approximate surface area is 142 Å². The number of nitrogens with two attached hydrogens (primary N) is 2. The van der Waals surface area contributed by atoms with Crippen LogP contribution in [0.4, 0.5) is 11.6 Å². The van der Waals surface area contributed by atoms with E-state index >= 15 is 0 Å². The van der Waals surface area contributed by atoms with Gasteiger partial charge in [-0.15, -0.1) is 0 Å². The lowest BCUT2D eigenvalue weighted by molar-refractivity contribution is 0.154. The van der Waals surface area contributed by atoms with Gasteiger partial charge in [-0.2, -0.15) is 0 Å². The van der Waals surface area contributed by atoms with Gasteiger partial charge in [-0.25, -0.2) is 9.97 Å². The first-order valence-corrected chi connectivity index (χ1v) is 8.57. The molecule has 2 aliphatic heterocycles. The zero-order chi connectivity index (χ0) is 17.2. The maximum absolute atomic E-state index is 8.11. The van der Waals surface area contributed by atoms with E-state index in [0.717, 1.165) is 57.7 Å². The SMILES string of the molecule is CC1(N)CCN(c2cnc(C(=N)OC3CCCNC3)c(N)n2)CC1. The van der Waals surface area contributed by atoms with E-state index in [1.54, 1.807) is 6.20 Å². The largest absolute Gasteiger partial charge is 0.472 e. The van der Waals surface area contributed by atoms with Crippen molar-refractivity contribution >= 4 is 17.5 Å². The van der Waals surface area contributed by atoms with Crippen LogP contribution >= 0.6 is 0 Å². The van der Waals surface area contributed by atoms with Crippen LogP contribution in [0.15, 0.2) is 6.20 Å². The Hall–Kier alpha value is -1.93. The van der Waals surface area contributed by atoms with E-state index in [1.807, 2.05) is 0 Å². The van der Waals surface area contributed by atoms with Crippen LogP contribution in [0.1, 0.15) is 38.3 Å². The predicted octanol–water partition coefficient (Wildman–Crippen LogP) is 0.470. The molecule has 1 aromatic heterocycles. The van der Waals surface area contributed by atoms with Crippen LogP contribution in [0.3, 0.4) is 0 Å². The molecular formula is C16H27N7O. The number of nitrogens with zero attached hydrogens (tertiary/aromatic N) is 3. The van der Waals surface area contributed by atoms with Crippen molar-refractivity contribution in [2.45, 2.75) is 44.2 Å². The number of hydrogen-bond acceptors (Lipinski definition) is 8. The first kappa shape index (κ1) is 16.9. The van der Waals surface area contributed by atoms with E-state index in [0.29, 0.717) is 5.69 Å². The molecule has 2 fully saturated rings. The van der Waals surface area contributed by atoms with E-state index < -0.39 is 0 Å². The number of nitrogens with one attached hydrogen (secondary N) is 2. The number of aromatic nitrogens is 2. The molecule has 8 heteroatoms. The van der Waals surface area contributed by atoms with E-state index in [-0.39, 0.29) is 23.4 Å². The zero-order valence-electron chi connectivity index (χ0n) is 14.2. The fourth-order valence-electron chi connectivity index (χ4n) is 3.11. The minimum Gasteiger partial charge on any atom is -0.472 e. The van der Waals surface area contributed by atoms with E-state index in [9.17, 15) is 0 Å². The van der Waals surface area contributed by atoms with Crippen molar-refractivity contribution in [1.29, 1.82) is 5.41 Å². The van der Waals surface area contributed by atoms with Crippen LogP contribution in [0, 0.1) is 5.41 Å². The van der Waals surface area contributed by atoms with Crippen LogP contribution in [-0.2, 0) is 4.74 Å². The summed E-state index contributed by atoms with van der Waals surface area (Å²) in [7, 11) is 0. The van der Waals surface area contributed by atoms with Crippen molar-refractivity contribution in [1.82, 2.24) is 15.3 Å². The molecule has 6 N–H and O–H groups in total. The van der Waals surface area contributed by atoms with Crippen molar-refractivity contribution in [2.75, 3.05) is 36.8 Å². The molecule has 8 nitrogen and oxygen atoms in total. The van der Waals surface area contributed by atoms with Gasteiger partial charge < -0.3 is 26.4 Å². The zero-order valence-corrected chi connectivity index (χ0v) is 14.2. The number of piperidine rings is 2. The lowest BCUT2D eigenvalue weighted by Gasteiger charge is -2.37. The molecule has 0 spiro atoms. The summed E-state index contributed by atoms with van der Waals surface area (Å²) in [5.41, 5.74) is 12.4. The molecule has 0 bridgehead atoms. The van der Waals surface area contributed by atoms with Gasteiger partial charge in [0.2, 0.25) is 5.90 Å². The Morgan fingerprint density at radius 1 is 1.46 bits per heavy atom. The first-order chi connectivity index (χ1) is 11.4. The van der Waals surface area contributed by atoms with E-state index in [1.165, 1.54) is 0 Å². The number of nitrogen functional groups attached to an aromatic ring is 1. The molecule has 0 aliphatic carbocycles. The van der Waals surface area contributed by atoms with Crippen molar-refractivity contribution in [2.24, 2.45) is 5.73 Å². The van der Waals surface area contributed by atoms with Gasteiger partial charge in [-0.3, -0.25) is 5.41 Å². The smallest absolute Gasteiger partial charge is 0.236 e. The van der Waals surface area contributed by atoms with Crippen LogP contribution < -0.4 is 21.7 Å². The molecule has 1 unspecified atom stereocenters. The van der Waals surface area contributed by atoms with Gasteiger partial charge in [0.05, 0.1) is 6.20 Å². The second-order valence-corrected chi connectivity index (χ2v) is 7.02. The fourth-order valence-corrected chi connectivity index (χ4v) is 3.11. The highest BCUT2D eigenvalue weighted by Crippen LogP contribution is 2.24. The standard InChI is InChI=1S/C16H27N7O/c1-16(19)4-7-23(8-5-16)12-10-21-13(14(17)22-12)15(18)24-11-3-2-6-20-9-11/h10-11,18,20H,2-9,19H2,1H3,(H2,17,22). The molecule has 0 saturated carbocycles. The van der Waals surface area contributed by atoms with Crippen LogP contribution in [0.25, 0.3) is 0 Å². The Morgan fingerprint density at radius 2 is 2.21 bits per heavy atom. The lowest BCUT2D eigenvalue weighted by Crippen LogP contribution is -2.48. The van der Waals surface area contributed by atoms with Gasteiger partial charge in [0.25, 0.3) is 0 Å². The van der Waals surface area contributed by atoms with Crippen molar-refractivity contribution < 1.29 is 4.74 Å². The first-order valence-electron chi connectivity index (χ1n) is 8.57. The summed E-state index contributed by atoms with van der Waals surface area (Å²) in [6.07, 6.45) is 5.46. The highest BCUT2D eigenvalue weighted by Gasteiger charge is 2.27. The molecule has 0 amide bonds. The Kier molecular flexibility index (Phi) is 4.86. The quantitative estimate of drug-likeness (QED) is 0.468. The second-order valence-electron chi connectivity index (χ2n) is 7.02. The molecule has 24 heavy (non-hydrogen) atoms. The minimum absolute atomic E-state index is 0.00328. The Bertz CT molecular complexity index is 588. The van der Waals surface area contributed by atoms with Crippen LogP contribution in [0.2, 0.25) is 0 Å². The monoisotopic (exact) mass is 333 g/mol. The Balaban J connectivity index is 1.65. The molecule has 3 rings (SSSR count). The van der Waals surface area contributed by atoms with Gasteiger partial charge in [0.15, 0.2) is 11.5 Å². The second kappa shape index (κ2) is 6.90. The van der Waals surface area contributed by atoms with Crippen molar-refractivity contribution in [3.8, 4) is 0 Å². The maximum atomic E-state index is 8.11. The molecule has 0 aromatic carbocycles. The van der Waals surface area contributed by atoms with Crippen LogP contribution in [-0.4, -0.2) is 53.7 Å². The Morgan fingerprint density at radius 3 is 2.83 bits per heavy atom. The van der Waals surface area contributed by atoms with Gasteiger partial charge in [0, 0.05) is 25.2 Å². The summed E-state index contributed by atoms with van der Waals surface area (Å²) in [4.78, 5) is 10.9. The molecule has 0 radical (unpaired) electrons. The summed E-state index contributed by atoms with van der Waals surface area (Å²) in [6, 6.07) is 0. The van der Waals surface area contributed by atoms with Gasteiger partial charge >= 0.3 is 0 Å². The molecule has 2 aliphatic rings. The number of rotatable bonds is 3. The highest BCUT2D eigenvalue weighted by atomic mass is 16.5. The third-order valence-electron chi connectivity index (χ3n) is 4.77. The van der Waals surface area contributed by atoms with Gasteiger partial charge in [0.1, 0.15) is 11.9 Å². The van der Waals surface area contributed by atoms with Crippen LogP contribution in [0.5, 0.6) is 0 Å². The van der Waals surface area contributed by atoms with E-state index in [2.05, 4.69) is 27.1 Å². The molecule has 3 heterocycles. The molecule has 132 valence electrons. The topological polar surface area (TPSA) is 126 Å². The number of hydrogen-bond donors (Lipinski definition) is 4. The van der Waals surface area contributed by atoms with Crippen molar-refractivity contribution in [3.63, 3.8) is 0 Å².